The zero-order chi connectivity index (χ0) is 14.5. The van der Waals surface area contributed by atoms with Crippen molar-refractivity contribution in [3.05, 3.63) is 53.6 Å². The lowest BCUT2D eigenvalue weighted by Gasteiger charge is -2.13. The average molecular weight is 269 g/mol. The first kappa shape index (κ1) is 14.6. The Morgan fingerprint density at radius 2 is 1.90 bits per heavy atom. The molecule has 0 saturated heterocycles. The Kier molecular flexibility index (Phi) is 4.80. The van der Waals surface area contributed by atoms with Crippen molar-refractivity contribution >= 4 is 0 Å². The molecular formula is C18H23NO. The smallest absolute Gasteiger partial charge is 0.120 e. The molecule has 0 atom stereocenters. The molecule has 2 rings (SSSR count). The van der Waals surface area contributed by atoms with Crippen molar-refractivity contribution in [1.29, 1.82) is 0 Å². The number of hydrogen-bond donors (Lipinski definition) is 1. The van der Waals surface area contributed by atoms with E-state index in [9.17, 15) is 0 Å². The highest BCUT2D eigenvalue weighted by Crippen LogP contribution is 2.28. The Hall–Kier alpha value is -1.80. The van der Waals surface area contributed by atoms with E-state index in [-0.39, 0.29) is 6.10 Å². The highest BCUT2D eigenvalue weighted by atomic mass is 16.5. The second-order valence-electron chi connectivity index (χ2n) is 5.37. The van der Waals surface area contributed by atoms with Crippen molar-refractivity contribution in [1.82, 2.24) is 5.32 Å². The van der Waals surface area contributed by atoms with Crippen LogP contribution in [0.5, 0.6) is 5.75 Å². The third-order valence-corrected chi connectivity index (χ3v) is 3.20. The standard InChI is InChI=1S/C18H23NO/c1-13(2)20-17-7-5-6-16(11-17)18-10-15(12-19-4)9-8-14(18)3/h5-11,13,19H,12H2,1-4H3. The molecule has 2 heteroatoms. The summed E-state index contributed by atoms with van der Waals surface area (Å²) in [5.41, 5.74) is 5.06. The van der Waals surface area contributed by atoms with Gasteiger partial charge in [-0.1, -0.05) is 24.3 Å². The molecule has 0 unspecified atom stereocenters. The van der Waals surface area contributed by atoms with Crippen LogP contribution >= 0.6 is 0 Å². The van der Waals surface area contributed by atoms with Crippen molar-refractivity contribution in [2.45, 2.75) is 33.4 Å². The maximum absolute atomic E-state index is 5.78. The minimum Gasteiger partial charge on any atom is -0.491 e. The van der Waals surface area contributed by atoms with Crippen LogP contribution in [0, 0.1) is 6.92 Å². The molecule has 2 aromatic carbocycles. The van der Waals surface area contributed by atoms with Crippen molar-refractivity contribution in [2.24, 2.45) is 0 Å². The first-order chi connectivity index (χ1) is 9.60. The van der Waals surface area contributed by atoms with Gasteiger partial charge in [-0.05, 0) is 68.3 Å². The minimum absolute atomic E-state index is 0.196. The van der Waals surface area contributed by atoms with Crippen LogP contribution in [-0.4, -0.2) is 13.2 Å². The van der Waals surface area contributed by atoms with Crippen molar-refractivity contribution in [2.75, 3.05) is 7.05 Å². The highest BCUT2D eigenvalue weighted by molar-refractivity contribution is 5.69. The van der Waals surface area contributed by atoms with E-state index in [1.54, 1.807) is 0 Å². The predicted octanol–water partition coefficient (Wildman–Crippen LogP) is 4.17. The summed E-state index contributed by atoms with van der Waals surface area (Å²) in [4.78, 5) is 0. The lowest BCUT2D eigenvalue weighted by Crippen LogP contribution is -2.06. The average Bonchev–Trinajstić information content (AvgIpc) is 2.41. The van der Waals surface area contributed by atoms with Gasteiger partial charge in [0.05, 0.1) is 6.10 Å². The molecular weight excluding hydrogens is 246 g/mol. The first-order valence-corrected chi connectivity index (χ1v) is 7.11. The first-order valence-electron chi connectivity index (χ1n) is 7.11. The van der Waals surface area contributed by atoms with Crippen LogP contribution in [0.25, 0.3) is 11.1 Å². The van der Waals surface area contributed by atoms with E-state index in [2.05, 4.69) is 48.6 Å². The van der Waals surface area contributed by atoms with Crippen LogP contribution in [0.2, 0.25) is 0 Å². The normalized spacial score (nSPS) is 10.8. The maximum atomic E-state index is 5.78. The van der Waals surface area contributed by atoms with Crippen molar-refractivity contribution < 1.29 is 4.74 Å². The monoisotopic (exact) mass is 269 g/mol. The Bertz CT molecular complexity index is 575. The summed E-state index contributed by atoms with van der Waals surface area (Å²) >= 11 is 0. The molecule has 0 fully saturated rings. The molecule has 0 aliphatic carbocycles. The van der Waals surface area contributed by atoms with Crippen LogP contribution < -0.4 is 10.1 Å². The fraction of sp³-hybridized carbons (Fsp3) is 0.333. The van der Waals surface area contributed by atoms with Gasteiger partial charge in [0.2, 0.25) is 0 Å². The summed E-state index contributed by atoms with van der Waals surface area (Å²) in [6.07, 6.45) is 0.196. The Morgan fingerprint density at radius 3 is 2.60 bits per heavy atom. The van der Waals surface area contributed by atoms with Gasteiger partial charge in [-0.2, -0.15) is 0 Å². The van der Waals surface area contributed by atoms with Gasteiger partial charge in [0, 0.05) is 6.54 Å². The number of nitrogens with one attached hydrogen (secondary N) is 1. The maximum Gasteiger partial charge on any atom is 0.120 e. The SMILES string of the molecule is CNCc1ccc(C)c(-c2cccc(OC(C)C)c2)c1. The van der Waals surface area contributed by atoms with Gasteiger partial charge in [0.15, 0.2) is 0 Å². The molecule has 0 saturated carbocycles. The van der Waals surface area contributed by atoms with Gasteiger partial charge in [-0.15, -0.1) is 0 Å². The summed E-state index contributed by atoms with van der Waals surface area (Å²) in [6.45, 7) is 7.13. The van der Waals surface area contributed by atoms with Crippen molar-refractivity contribution in [3.8, 4) is 16.9 Å². The molecule has 0 aliphatic heterocycles. The molecule has 0 spiro atoms. The Balaban J connectivity index is 2.37. The van der Waals surface area contributed by atoms with Crippen LogP contribution in [0.15, 0.2) is 42.5 Å². The molecule has 0 amide bonds. The molecule has 20 heavy (non-hydrogen) atoms. The fourth-order valence-electron chi connectivity index (χ4n) is 2.30. The highest BCUT2D eigenvalue weighted by Gasteiger charge is 2.05. The molecule has 106 valence electrons. The van der Waals surface area contributed by atoms with Gasteiger partial charge in [0.1, 0.15) is 5.75 Å². The quantitative estimate of drug-likeness (QED) is 0.879. The molecule has 0 heterocycles. The molecule has 2 nitrogen and oxygen atoms in total. The van der Waals surface area contributed by atoms with E-state index in [0.717, 1.165) is 12.3 Å². The topological polar surface area (TPSA) is 21.3 Å². The summed E-state index contributed by atoms with van der Waals surface area (Å²) in [5, 5.41) is 3.19. The molecule has 0 bridgehead atoms. The third-order valence-electron chi connectivity index (χ3n) is 3.20. The lowest BCUT2D eigenvalue weighted by molar-refractivity contribution is 0.242. The van der Waals surface area contributed by atoms with Crippen LogP contribution in [0.3, 0.4) is 0 Å². The summed E-state index contributed by atoms with van der Waals surface area (Å²) < 4.78 is 5.78. The number of hydrogen-bond acceptors (Lipinski definition) is 2. The third kappa shape index (κ3) is 3.61. The number of benzene rings is 2. The summed E-state index contributed by atoms with van der Waals surface area (Å²) in [5.74, 6) is 0.927. The van der Waals surface area contributed by atoms with E-state index in [0.29, 0.717) is 0 Å². The molecule has 0 aliphatic rings. The van der Waals surface area contributed by atoms with E-state index in [1.165, 1.54) is 22.3 Å². The van der Waals surface area contributed by atoms with Crippen molar-refractivity contribution in [3.63, 3.8) is 0 Å². The number of ether oxygens (including phenoxy) is 1. The Labute approximate surface area is 121 Å². The zero-order valence-electron chi connectivity index (χ0n) is 12.7. The largest absolute Gasteiger partial charge is 0.491 e. The molecule has 0 radical (unpaired) electrons. The summed E-state index contributed by atoms with van der Waals surface area (Å²) in [6, 6.07) is 14.9. The van der Waals surface area contributed by atoms with Gasteiger partial charge in [-0.3, -0.25) is 0 Å². The van der Waals surface area contributed by atoms with Crippen LogP contribution in [-0.2, 0) is 6.54 Å². The lowest BCUT2D eigenvalue weighted by atomic mass is 9.98. The van der Waals surface area contributed by atoms with E-state index in [4.69, 9.17) is 4.74 Å². The molecule has 2 aromatic rings. The summed E-state index contributed by atoms with van der Waals surface area (Å²) in [7, 11) is 1.97. The van der Waals surface area contributed by atoms with Gasteiger partial charge in [0.25, 0.3) is 0 Å². The van der Waals surface area contributed by atoms with Crippen LogP contribution in [0.1, 0.15) is 25.0 Å². The minimum atomic E-state index is 0.196. The second kappa shape index (κ2) is 6.58. The van der Waals surface area contributed by atoms with Gasteiger partial charge >= 0.3 is 0 Å². The second-order valence-corrected chi connectivity index (χ2v) is 5.37. The van der Waals surface area contributed by atoms with E-state index in [1.807, 2.05) is 27.0 Å². The van der Waals surface area contributed by atoms with Crippen LogP contribution in [0.4, 0.5) is 0 Å². The van der Waals surface area contributed by atoms with E-state index < -0.39 is 0 Å². The molecule has 1 N–H and O–H groups in total. The van der Waals surface area contributed by atoms with E-state index >= 15 is 0 Å². The number of rotatable bonds is 5. The Morgan fingerprint density at radius 1 is 1.10 bits per heavy atom. The molecule has 0 aromatic heterocycles. The number of aryl methyl sites for hydroxylation is 1. The van der Waals surface area contributed by atoms with Gasteiger partial charge < -0.3 is 10.1 Å². The predicted molar refractivity (Wildman–Crippen MR) is 85.1 cm³/mol. The zero-order valence-corrected chi connectivity index (χ0v) is 12.7. The van der Waals surface area contributed by atoms with Gasteiger partial charge in [-0.25, -0.2) is 0 Å². The fourth-order valence-corrected chi connectivity index (χ4v) is 2.30.